The highest BCUT2D eigenvalue weighted by atomic mass is 16.5. The number of benzene rings is 1. The van der Waals surface area contributed by atoms with Crippen molar-refractivity contribution in [1.82, 2.24) is 14.9 Å². The third-order valence-electron chi connectivity index (χ3n) is 2.70. The van der Waals surface area contributed by atoms with Gasteiger partial charge in [-0.1, -0.05) is 12.1 Å². The van der Waals surface area contributed by atoms with E-state index in [0.29, 0.717) is 6.54 Å². The number of hydrogen-bond donors (Lipinski definition) is 1. The number of aryl methyl sites for hydroxylation is 1. The average Bonchev–Trinajstić information content (AvgIpc) is 2.78. The SMILES string of the molecule is COCC(=O)NCCCn1cnc2ccccc21. The molecule has 18 heavy (non-hydrogen) atoms. The maximum Gasteiger partial charge on any atom is 0.245 e. The summed E-state index contributed by atoms with van der Waals surface area (Å²) in [6, 6.07) is 8.02. The van der Waals surface area contributed by atoms with Crippen LogP contribution in [-0.2, 0) is 16.1 Å². The van der Waals surface area contributed by atoms with E-state index in [1.807, 2.05) is 30.6 Å². The van der Waals surface area contributed by atoms with Gasteiger partial charge in [-0.2, -0.15) is 0 Å². The molecule has 0 aliphatic rings. The Morgan fingerprint density at radius 3 is 3.11 bits per heavy atom. The molecule has 96 valence electrons. The summed E-state index contributed by atoms with van der Waals surface area (Å²) in [5.74, 6) is -0.0759. The summed E-state index contributed by atoms with van der Waals surface area (Å²) in [4.78, 5) is 15.5. The van der Waals surface area contributed by atoms with Crippen molar-refractivity contribution in [1.29, 1.82) is 0 Å². The molecule has 1 heterocycles. The van der Waals surface area contributed by atoms with Crippen LogP contribution in [0.2, 0.25) is 0 Å². The van der Waals surface area contributed by atoms with Crippen LogP contribution in [0, 0.1) is 0 Å². The van der Waals surface area contributed by atoms with E-state index >= 15 is 0 Å². The van der Waals surface area contributed by atoms with Gasteiger partial charge in [0.15, 0.2) is 0 Å². The standard InChI is InChI=1S/C13H17N3O2/c1-18-9-13(17)14-7-4-8-16-10-15-11-5-2-3-6-12(11)16/h2-3,5-6,10H,4,7-9H2,1H3,(H,14,17). The Hall–Kier alpha value is -1.88. The van der Waals surface area contributed by atoms with Gasteiger partial charge >= 0.3 is 0 Å². The predicted molar refractivity (Wildman–Crippen MR) is 69.2 cm³/mol. The molecule has 1 N–H and O–H groups in total. The van der Waals surface area contributed by atoms with E-state index in [1.54, 1.807) is 0 Å². The van der Waals surface area contributed by atoms with Crippen molar-refractivity contribution in [2.45, 2.75) is 13.0 Å². The first-order valence-corrected chi connectivity index (χ1v) is 5.97. The lowest BCUT2D eigenvalue weighted by Gasteiger charge is -2.06. The van der Waals surface area contributed by atoms with Crippen molar-refractivity contribution in [3.8, 4) is 0 Å². The molecule has 0 saturated heterocycles. The smallest absolute Gasteiger partial charge is 0.245 e. The van der Waals surface area contributed by atoms with Gasteiger partial charge in [0.1, 0.15) is 6.61 Å². The quantitative estimate of drug-likeness (QED) is 0.780. The van der Waals surface area contributed by atoms with Crippen molar-refractivity contribution in [3.63, 3.8) is 0 Å². The van der Waals surface area contributed by atoms with E-state index in [1.165, 1.54) is 7.11 Å². The van der Waals surface area contributed by atoms with Crippen LogP contribution >= 0.6 is 0 Å². The van der Waals surface area contributed by atoms with E-state index in [-0.39, 0.29) is 12.5 Å². The van der Waals surface area contributed by atoms with Gasteiger partial charge in [-0.3, -0.25) is 4.79 Å². The maximum absolute atomic E-state index is 11.2. The lowest BCUT2D eigenvalue weighted by atomic mass is 10.3. The molecule has 0 bridgehead atoms. The van der Waals surface area contributed by atoms with E-state index < -0.39 is 0 Å². The van der Waals surface area contributed by atoms with Gasteiger partial charge in [0.2, 0.25) is 5.91 Å². The maximum atomic E-state index is 11.2. The fourth-order valence-corrected chi connectivity index (χ4v) is 1.85. The monoisotopic (exact) mass is 247 g/mol. The van der Waals surface area contributed by atoms with Crippen LogP contribution in [0.1, 0.15) is 6.42 Å². The summed E-state index contributed by atoms with van der Waals surface area (Å²) >= 11 is 0. The molecular formula is C13H17N3O2. The number of carbonyl (C=O) groups excluding carboxylic acids is 1. The molecule has 0 aliphatic carbocycles. The number of carbonyl (C=O) groups is 1. The zero-order valence-electron chi connectivity index (χ0n) is 10.4. The molecule has 0 spiro atoms. The second-order valence-electron chi connectivity index (χ2n) is 4.06. The minimum absolute atomic E-state index is 0.0759. The number of aromatic nitrogens is 2. The van der Waals surface area contributed by atoms with Crippen LogP contribution in [0.25, 0.3) is 11.0 Å². The first kappa shape index (κ1) is 12.6. The molecule has 2 aromatic rings. The second-order valence-corrected chi connectivity index (χ2v) is 4.06. The minimum atomic E-state index is -0.0759. The number of imidazole rings is 1. The number of fused-ring (bicyclic) bond motifs is 1. The molecule has 0 unspecified atom stereocenters. The van der Waals surface area contributed by atoms with Crippen LogP contribution in [-0.4, -0.2) is 35.7 Å². The summed E-state index contributed by atoms with van der Waals surface area (Å²) in [6.07, 6.45) is 2.71. The Kier molecular flexibility index (Phi) is 4.30. The molecule has 5 heteroatoms. The Bertz CT molecular complexity index is 522. The van der Waals surface area contributed by atoms with Gasteiger partial charge in [0, 0.05) is 20.2 Å². The fraction of sp³-hybridized carbons (Fsp3) is 0.385. The summed E-state index contributed by atoms with van der Waals surface area (Å²) in [5, 5.41) is 2.80. The van der Waals surface area contributed by atoms with Crippen molar-refractivity contribution in [3.05, 3.63) is 30.6 Å². The van der Waals surface area contributed by atoms with E-state index in [9.17, 15) is 4.79 Å². The molecule has 0 atom stereocenters. The van der Waals surface area contributed by atoms with Crippen LogP contribution in [0.5, 0.6) is 0 Å². The van der Waals surface area contributed by atoms with E-state index in [4.69, 9.17) is 4.74 Å². The number of amides is 1. The Morgan fingerprint density at radius 1 is 1.44 bits per heavy atom. The average molecular weight is 247 g/mol. The lowest BCUT2D eigenvalue weighted by Crippen LogP contribution is -2.28. The van der Waals surface area contributed by atoms with Crippen molar-refractivity contribution >= 4 is 16.9 Å². The second kappa shape index (κ2) is 6.16. The molecule has 0 radical (unpaired) electrons. The van der Waals surface area contributed by atoms with Crippen molar-refractivity contribution < 1.29 is 9.53 Å². The number of methoxy groups -OCH3 is 1. The van der Waals surface area contributed by atoms with Crippen LogP contribution in [0.3, 0.4) is 0 Å². The number of nitrogens with zero attached hydrogens (tertiary/aromatic N) is 2. The van der Waals surface area contributed by atoms with Gasteiger partial charge in [-0.25, -0.2) is 4.98 Å². The van der Waals surface area contributed by atoms with Gasteiger partial charge < -0.3 is 14.6 Å². The van der Waals surface area contributed by atoms with E-state index in [0.717, 1.165) is 24.0 Å². The summed E-state index contributed by atoms with van der Waals surface area (Å²) in [5.41, 5.74) is 2.13. The molecule has 2 rings (SSSR count). The van der Waals surface area contributed by atoms with Crippen LogP contribution in [0.4, 0.5) is 0 Å². The number of nitrogens with one attached hydrogen (secondary N) is 1. The molecule has 5 nitrogen and oxygen atoms in total. The first-order valence-electron chi connectivity index (χ1n) is 5.97. The number of rotatable bonds is 6. The third-order valence-corrected chi connectivity index (χ3v) is 2.70. The normalized spacial score (nSPS) is 10.7. The van der Waals surface area contributed by atoms with Gasteiger partial charge in [0.05, 0.1) is 17.4 Å². The lowest BCUT2D eigenvalue weighted by molar-refractivity contribution is -0.124. The fourth-order valence-electron chi connectivity index (χ4n) is 1.85. The Morgan fingerprint density at radius 2 is 2.28 bits per heavy atom. The minimum Gasteiger partial charge on any atom is -0.375 e. The molecular weight excluding hydrogens is 230 g/mol. The van der Waals surface area contributed by atoms with E-state index in [2.05, 4.69) is 14.9 Å². The number of para-hydroxylation sites is 2. The molecule has 0 fully saturated rings. The highest BCUT2D eigenvalue weighted by Crippen LogP contribution is 2.11. The molecule has 0 aliphatic heterocycles. The number of hydrogen-bond acceptors (Lipinski definition) is 3. The first-order chi connectivity index (χ1) is 8.81. The summed E-state index contributed by atoms with van der Waals surface area (Å²) in [7, 11) is 1.51. The topological polar surface area (TPSA) is 56.1 Å². The van der Waals surface area contributed by atoms with Gasteiger partial charge in [0.25, 0.3) is 0 Å². The molecule has 1 aromatic heterocycles. The summed E-state index contributed by atoms with van der Waals surface area (Å²) < 4.78 is 6.83. The van der Waals surface area contributed by atoms with Gasteiger partial charge in [-0.05, 0) is 18.6 Å². The highest BCUT2D eigenvalue weighted by Gasteiger charge is 2.02. The largest absolute Gasteiger partial charge is 0.375 e. The van der Waals surface area contributed by atoms with Crippen molar-refractivity contribution in [2.24, 2.45) is 0 Å². The predicted octanol–water partition coefficient (Wildman–Crippen LogP) is 1.19. The molecule has 1 amide bonds. The zero-order chi connectivity index (χ0) is 12.8. The zero-order valence-corrected chi connectivity index (χ0v) is 10.4. The Labute approximate surface area is 106 Å². The van der Waals surface area contributed by atoms with Crippen LogP contribution < -0.4 is 5.32 Å². The highest BCUT2D eigenvalue weighted by molar-refractivity contribution is 5.77. The third kappa shape index (κ3) is 3.07. The Balaban J connectivity index is 1.82. The summed E-state index contributed by atoms with van der Waals surface area (Å²) in [6.45, 7) is 1.61. The van der Waals surface area contributed by atoms with Crippen molar-refractivity contribution in [2.75, 3.05) is 20.3 Å². The molecule has 1 aromatic carbocycles. The van der Waals surface area contributed by atoms with Gasteiger partial charge in [-0.15, -0.1) is 0 Å². The van der Waals surface area contributed by atoms with Crippen LogP contribution in [0.15, 0.2) is 30.6 Å². The number of ether oxygens (including phenoxy) is 1. The molecule has 0 saturated carbocycles.